The second-order valence-corrected chi connectivity index (χ2v) is 8.07. The van der Waals surface area contributed by atoms with Crippen molar-refractivity contribution in [1.29, 1.82) is 0 Å². The number of sulfonamides is 1. The Morgan fingerprint density at radius 1 is 1.38 bits per heavy atom. The average Bonchev–Trinajstić information content (AvgIpc) is 2.84. The Kier molecular flexibility index (Phi) is 5.11. The highest BCUT2D eigenvalue weighted by Crippen LogP contribution is 2.33. The Hall–Kier alpha value is -0.850. The second kappa shape index (κ2) is 6.50. The molecule has 2 rings (SSSR count). The van der Waals surface area contributed by atoms with Gasteiger partial charge in [-0.3, -0.25) is 0 Å². The first-order valence-electron chi connectivity index (χ1n) is 7.62. The molecule has 3 N–H and O–H groups in total. The van der Waals surface area contributed by atoms with Crippen LogP contribution in [-0.2, 0) is 16.6 Å². The monoisotopic (exact) mass is 314 g/mol. The zero-order valence-corrected chi connectivity index (χ0v) is 13.8. The summed E-state index contributed by atoms with van der Waals surface area (Å²) in [6.07, 6.45) is 3.69. The van der Waals surface area contributed by atoms with E-state index in [2.05, 4.69) is 26.1 Å². The molecule has 1 heterocycles. The number of primary sulfonamides is 1. The first-order chi connectivity index (χ1) is 9.77. The summed E-state index contributed by atoms with van der Waals surface area (Å²) < 4.78 is 27.7. The molecule has 6 heteroatoms. The van der Waals surface area contributed by atoms with Crippen LogP contribution in [0.1, 0.15) is 45.8 Å². The fourth-order valence-corrected chi connectivity index (χ4v) is 3.76. The first-order valence-corrected chi connectivity index (χ1v) is 9.17. The third kappa shape index (κ3) is 4.31. The van der Waals surface area contributed by atoms with E-state index in [1.807, 2.05) is 0 Å². The molecule has 3 atom stereocenters. The van der Waals surface area contributed by atoms with E-state index < -0.39 is 10.0 Å². The fraction of sp³-hybridized carbons (Fsp3) is 0.733. The molecule has 1 fully saturated rings. The zero-order chi connectivity index (χ0) is 15.6. The maximum absolute atomic E-state index is 11.2. The first kappa shape index (κ1) is 16.5. The number of nitrogens with two attached hydrogens (primary N) is 1. The Morgan fingerprint density at radius 2 is 2.10 bits per heavy atom. The number of rotatable bonds is 5. The van der Waals surface area contributed by atoms with Crippen LogP contribution in [-0.4, -0.2) is 14.5 Å². The van der Waals surface area contributed by atoms with E-state index in [9.17, 15) is 8.42 Å². The normalized spacial score (nSPS) is 27.2. The van der Waals surface area contributed by atoms with Gasteiger partial charge >= 0.3 is 0 Å². The maximum Gasteiger partial charge on any atom is 0.271 e. The largest absolute Gasteiger partial charge is 0.447 e. The van der Waals surface area contributed by atoms with Crippen molar-refractivity contribution >= 4 is 10.0 Å². The number of nitrogens with one attached hydrogen (secondary N) is 1. The van der Waals surface area contributed by atoms with Gasteiger partial charge in [0.25, 0.3) is 10.0 Å². The molecule has 5 nitrogen and oxygen atoms in total. The van der Waals surface area contributed by atoms with Crippen LogP contribution >= 0.6 is 0 Å². The van der Waals surface area contributed by atoms with Gasteiger partial charge in [-0.15, -0.1) is 0 Å². The molecule has 0 spiro atoms. The molecule has 1 aromatic heterocycles. The van der Waals surface area contributed by atoms with Gasteiger partial charge < -0.3 is 9.73 Å². The lowest BCUT2D eigenvalue weighted by Crippen LogP contribution is -2.42. The van der Waals surface area contributed by atoms with Gasteiger partial charge in [0.05, 0.1) is 6.54 Å². The van der Waals surface area contributed by atoms with Gasteiger partial charge in [0, 0.05) is 6.04 Å². The Balaban J connectivity index is 1.98. The highest BCUT2D eigenvalue weighted by atomic mass is 32.2. The summed E-state index contributed by atoms with van der Waals surface area (Å²) in [5.74, 6) is 2.65. The molecule has 0 aliphatic heterocycles. The fourth-order valence-electron chi connectivity index (χ4n) is 3.27. The highest BCUT2D eigenvalue weighted by Gasteiger charge is 2.30. The third-order valence-electron chi connectivity index (χ3n) is 4.48. The predicted molar refractivity (Wildman–Crippen MR) is 82.1 cm³/mol. The minimum atomic E-state index is -3.75. The topological polar surface area (TPSA) is 85.3 Å². The molecule has 1 aliphatic carbocycles. The van der Waals surface area contributed by atoms with E-state index in [0.29, 0.717) is 30.2 Å². The van der Waals surface area contributed by atoms with Gasteiger partial charge in [0.2, 0.25) is 5.09 Å². The second-order valence-electron chi connectivity index (χ2n) is 6.58. The summed E-state index contributed by atoms with van der Waals surface area (Å²) in [6, 6.07) is 3.54. The lowest BCUT2D eigenvalue weighted by Gasteiger charge is -2.37. The van der Waals surface area contributed by atoms with Gasteiger partial charge in [-0.1, -0.05) is 27.2 Å². The minimum Gasteiger partial charge on any atom is -0.447 e. The molecule has 3 unspecified atom stereocenters. The molecular formula is C15H26N2O3S. The van der Waals surface area contributed by atoms with Crippen molar-refractivity contribution in [3.63, 3.8) is 0 Å². The lowest BCUT2D eigenvalue weighted by molar-refractivity contribution is 0.166. The standard InChI is InChI=1S/C15H26N2O3S/c1-10(2)13-6-4-11(3)8-14(13)17-9-12-5-7-15(20-12)21(16,18)19/h5,7,10-11,13-14,17H,4,6,8-9H2,1-3H3,(H2,16,18,19). The van der Waals surface area contributed by atoms with Crippen molar-refractivity contribution in [2.24, 2.45) is 22.9 Å². The van der Waals surface area contributed by atoms with Gasteiger partial charge in [0.15, 0.2) is 0 Å². The van der Waals surface area contributed by atoms with Crippen molar-refractivity contribution < 1.29 is 12.8 Å². The highest BCUT2D eigenvalue weighted by molar-refractivity contribution is 7.89. The van der Waals surface area contributed by atoms with Crippen molar-refractivity contribution in [3.8, 4) is 0 Å². The number of furan rings is 1. The molecule has 0 saturated heterocycles. The van der Waals surface area contributed by atoms with Gasteiger partial charge in [-0.05, 0) is 42.7 Å². The lowest BCUT2D eigenvalue weighted by atomic mass is 9.74. The molecule has 0 aromatic carbocycles. The van der Waals surface area contributed by atoms with E-state index in [4.69, 9.17) is 9.56 Å². The van der Waals surface area contributed by atoms with Crippen LogP contribution in [0.5, 0.6) is 0 Å². The molecule has 1 aromatic rings. The zero-order valence-electron chi connectivity index (χ0n) is 13.0. The summed E-state index contributed by atoms with van der Waals surface area (Å²) in [6.45, 7) is 7.36. The predicted octanol–water partition coefficient (Wildman–Crippen LogP) is 2.48. The van der Waals surface area contributed by atoms with Crippen LogP contribution in [0.3, 0.4) is 0 Å². The third-order valence-corrected chi connectivity index (χ3v) is 5.26. The summed E-state index contributed by atoms with van der Waals surface area (Å²) in [7, 11) is -3.75. The average molecular weight is 314 g/mol. The van der Waals surface area contributed by atoms with Crippen molar-refractivity contribution in [2.45, 2.75) is 57.7 Å². The molecule has 120 valence electrons. The summed E-state index contributed by atoms with van der Waals surface area (Å²) in [4.78, 5) is 0. The number of hydrogen-bond donors (Lipinski definition) is 2. The van der Waals surface area contributed by atoms with Crippen LogP contribution < -0.4 is 10.5 Å². The quantitative estimate of drug-likeness (QED) is 0.874. The minimum absolute atomic E-state index is 0.170. The number of hydrogen-bond acceptors (Lipinski definition) is 4. The van der Waals surface area contributed by atoms with Crippen molar-refractivity contribution in [1.82, 2.24) is 5.32 Å². The molecule has 21 heavy (non-hydrogen) atoms. The maximum atomic E-state index is 11.2. The molecule has 1 saturated carbocycles. The Morgan fingerprint density at radius 3 is 2.67 bits per heavy atom. The van der Waals surface area contributed by atoms with E-state index in [0.717, 1.165) is 12.3 Å². The van der Waals surface area contributed by atoms with Crippen LogP contribution in [0.25, 0.3) is 0 Å². The summed E-state index contributed by atoms with van der Waals surface area (Å²) in [5, 5.41) is 8.41. The molecule has 0 bridgehead atoms. The van der Waals surface area contributed by atoms with Gasteiger partial charge in [0.1, 0.15) is 5.76 Å². The van der Waals surface area contributed by atoms with Crippen LogP contribution in [0.4, 0.5) is 0 Å². The van der Waals surface area contributed by atoms with Crippen LogP contribution in [0, 0.1) is 17.8 Å². The smallest absolute Gasteiger partial charge is 0.271 e. The summed E-state index contributed by atoms with van der Waals surface area (Å²) in [5.41, 5.74) is 0. The van der Waals surface area contributed by atoms with Crippen LogP contribution in [0.2, 0.25) is 0 Å². The molecular weight excluding hydrogens is 288 g/mol. The van der Waals surface area contributed by atoms with Gasteiger partial charge in [-0.2, -0.15) is 0 Å². The molecule has 0 amide bonds. The van der Waals surface area contributed by atoms with Crippen LogP contribution in [0.15, 0.2) is 21.6 Å². The van der Waals surface area contributed by atoms with E-state index in [-0.39, 0.29) is 5.09 Å². The molecule has 1 aliphatic rings. The molecule has 0 radical (unpaired) electrons. The van der Waals surface area contributed by atoms with E-state index >= 15 is 0 Å². The van der Waals surface area contributed by atoms with Gasteiger partial charge in [-0.25, -0.2) is 13.6 Å². The Bertz CT molecular complexity index is 565. The SMILES string of the molecule is CC1CCC(C(C)C)C(NCc2ccc(S(N)(=O)=O)o2)C1. The van der Waals surface area contributed by atoms with Crippen molar-refractivity contribution in [3.05, 3.63) is 17.9 Å². The summed E-state index contributed by atoms with van der Waals surface area (Å²) >= 11 is 0. The van der Waals surface area contributed by atoms with Crippen molar-refractivity contribution in [2.75, 3.05) is 0 Å². The van der Waals surface area contributed by atoms with E-state index in [1.165, 1.54) is 18.9 Å². The van der Waals surface area contributed by atoms with E-state index in [1.54, 1.807) is 6.07 Å². The Labute approximate surface area is 127 Å².